The molecule has 25 heavy (non-hydrogen) atoms. The minimum Gasteiger partial charge on any atom is -0.440 e. The lowest BCUT2D eigenvalue weighted by Gasteiger charge is -2.36. The van der Waals surface area contributed by atoms with E-state index in [4.69, 9.17) is 9.40 Å². The summed E-state index contributed by atoms with van der Waals surface area (Å²) in [5.41, 5.74) is 1.94. The first-order valence-electron chi connectivity index (χ1n) is 8.41. The largest absolute Gasteiger partial charge is 0.440 e. The summed E-state index contributed by atoms with van der Waals surface area (Å²) in [7, 11) is 0. The van der Waals surface area contributed by atoms with Crippen molar-refractivity contribution in [2.24, 2.45) is 0 Å². The van der Waals surface area contributed by atoms with Gasteiger partial charge in [0.15, 0.2) is 0 Å². The quantitative estimate of drug-likeness (QED) is 0.766. The van der Waals surface area contributed by atoms with Gasteiger partial charge >= 0.3 is 0 Å². The number of nitrogens with zero attached hydrogens (tertiary/aromatic N) is 2. The summed E-state index contributed by atoms with van der Waals surface area (Å²) in [5, 5.41) is 5.42. The molecule has 0 saturated carbocycles. The second kappa shape index (κ2) is 7.07. The average molecular weight is 357 g/mol. The van der Waals surface area contributed by atoms with Gasteiger partial charge in [-0.1, -0.05) is 18.2 Å². The van der Waals surface area contributed by atoms with Gasteiger partial charge in [0.2, 0.25) is 5.89 Å². The Morgan fingerprint density at radius 3 is 3.08 bits per heavy atom. The van der Waals surface area contributed by atoms with Gasteiger partial charge in [0.1, 0.15) is 11.6 Å². The average Bonchev–Trinajstić information content (AvgIpc) is 3.26. The number of hydrogen-bond acceptors (Lipinski definition) is 5. The van der Waals surface area contributed by atoms with E-state index in [9.17, 15) is 4.39 Å². The zero-order chi connectivity index (χ0) is 17.2. The molecule has 4 rings (SSSR count). The van der Waals surface area contributed by atoms with Crippen molar-refractivity contribution in [3.05, 3.63) is 64.6 Å². The summed E-state index contributed by atoms with van der Waals surface area (Å²) in [5.74, 6) is 1.33. The topological polar surface area (TPSA) is 41.3 Å². The summed E-state index contributed by atoms with van der Waals surface area (Å²) in [6.45, 7) is 5.27. The summed E-state index contributed by atoms with van der Waals surface area (Å²) in [6.07, 6.45) is 0. The minimum atomic E-state index is -0.194. The number of halogens is 1. The number of oxazole rings is 1. The molecule has 3 heterocycles. The van der Waals surface area contributed by atoms with Crippen LogP contribution in [0.15, 0.2) is 46.2 Å². The molecule has 130 valence electrons. The summed E-state index contributed by atoms with van der Waals surface area (Å²) < 4.78 is 19.5. The molecule has 1 atom stereocenters. The highest BCUT2D eigenvalue weighted by Gasteiger charge is 2.26. The summed E-state index contributed by atoms with van der Waals surface area (Å²) in [6, 6.07) is 11.0. The van der Waals surface area contributed by atoms with E-state index in [-0.39, 0.29) is 11.9 Å². The Morgan fingerprint density at radius 2 is 2.28 bits per heavy atom. The lowest BCUT2D eigenvalue weighted by atomic mass is 10.0. The normalized spacial score (nSPS) is 18.6. The summed E-state index contributed by atoms with van der Waals surface area (Å²) in [4.78, 5) is 8.08. The third kappa shape index (κ3) is 3.51. The Labute approximate surface area is 150 Å². The predicted octanol–water partition coefficient (Wildman–Crippen LogP) is 4.00. The predicted molar refractivity (Wildman–Crippen MR) is 97.0 cm³/mol. The monoisotopic (exact) mass is 357 g/mol. The zero-order valence-electron chi connectivity index (χ0n) is 14.0. The van der Waals surface area contributed by atoms with Crippen LogP contribution in [-0.2, 0) is 6.54 Å². The van der Waals surface area contributed by atoms with Gasteiger partial charge < -0.3 is 9.73 Å². The van der Waals surface area contributed by atoms with Gasteiger partial charge in [-0.25, -0.2) is 9.37 Å². The first-order valence-corrected chi connectivity index (χ1v) is 9.29. The second-order valence-corrected chi connectivity index (χ2v) is 7.19. The molecule has 1 fully saturated rings. The lowest BCUT2D eigenvalue weighted by Crippen LogP contribution is -2.45. The number of rotatable bonds is 4. The molecule has 0 radical (unpaired) electrons. The van der Waals surface area contributed by atoms with Crippen molar-refractivity contribution in [2.45, 2.75) is 19.5 Å². The van der Waals surface area contributed by atoms with E-state index in [1.807, 2.05) is 30.5 Å². The molecule has 1 saturated heterocycles. The number of aromatic nitrogens is 1. The maximum Gasteiger partial charge on any atom is 0.236 e. The standard InChI is InChI=1S/C19H20FN3OS/c1-13-16(22-19(24-13)18-6-3-9-25-18)12-23-8-7-21-11-17(23)14-4-2-5-15(20)10-14/h2-6,9-10,17,21H,7-8,11-12H2,1H3. The van der Waals surface area contributed by atoms with Crippen LogP contribution in [0.5, 0.6) is 0 Å². The zero-order valence-corrected chi connectivity index (χ0v) is 14.9. The van der Waals surface area contributed by atoms with E-state index < -0.39 is 0 Å². The molecule has 1 aromatic carbocycles. The molecule has 4 nitrogen and oxygen atoms in total. The van der Waals surface area contributed by atoms with Gasteiger partial charge in [0, 0.05) is 32.2 Å². The maximum atomic E-state index is 13.6. The van der Waals surface area contributed by atoms with Crippen LogP contribution in [0.4, 0.5) is 4.39 Å². The van der Waals surface area contributed by atoms with Crippen molar-refractivity contribution in [1.29, 1.82) is 0 Å². The van der Waals surface area contributed by atoms with Crippen LogP contribution >= 0.6 is 11.3 Å². The Hall–Kier alpha value is -2.02. The molecule has 0 bridgehead atoms. The van der Waals surface area contributed by atoms with E-state index in [1.54, 1.807) is 23.5 Å². The van der Waals surface area contributed by atoms with Crippen LogP contribution in [0, 0.1) is 12.7 Å². The SMILES string of the molecule is Cc1oc(-c2cccs2)nc1CN1CCNCC1c1cccc(F)c1. The molecule has 1 aliphatic heterocycles. The summed E-state index contributed by atoms with van der Waals surface area (Å²) >= 11 is 1.62. The number of aryl methyl sites for hydroxylation is 1. The molecule has 0 aliphatic carbocycles. The fourth-order valence-corrected chi connectivity index (χ4v) is 3.90. The van der Waals surface area contributed by atoms with Gasteiger partial charge in [-0.2, -0.15) is 0 Å². The Balaban J connectivity index is 1.58. The number of thiophene rings is 1. The molecule has 1 aliphatic rings. The van der Waals surface area contributed by atoms with Crippen LogP contribution < -0.4 is 5.32 Å². The molecule has 1 N–H and O–H groups in total. The third-order valence-corrected chi connectivity index (χ3v) is 5.42. The highest BCUT2D eigenvalue weighted by molar-refractivity contribution is 7.13. The van der Waals surface area contributed by atoms with Crippen molar-refractivity contribution in [2.75, 3.05) is 19.6 Å². The van der Waals surface area contributed by atoms with E-state index in [1.165, 1.54) is 6.07 Å². The molecular formula is C19H20FN3OS. The van der Waals surface area contributed by atoms with Crippen LogP contribution in [-0.4, -0.2) is 29.5 Å². The maximum absolute atomic E-state index is 13.6. The van der Waals surface area contributed by atoms with Crippen LogP contribution in [0.25, 0.3) is 10.8 Å². The molecule has 0 amide bonds. The Bertz CT molecular complexity index is 846. The molecule has 1 unspecified atom stereocenters. The van der Waals surface area contributed by atoms with E-state index >= 15 is 0 Å². The van der Waals surface area contributed by atoms with Crippen molar-refractivity contribution < 1.29 is 8.81 Å². The van der Waals surface area contributed by atoms with Crippen LogP contribution in [0.1, 0.15) is 23.1 Å². The Kier molecular flexibility index (Phi) is 4.65. The molecule has 3 aromatic rings. The van der Waals surface area contributed by atoms with Crippen LogP contribution in [0.2, 0.25) is 0 Å². The van der Waals surface area contributed by atoms with Gasteiger partial charge in [0.05, 0.1) is 10.6 Å². The van der Waals surface area contributed by atoms with Gasteiger partial charge in [-0.3, -0.25) is 4.90 Å². The van der Waals surface area contributed by atoms with Crippen molar-refractivity contribution >= 4 is 11.3 Å². The highest BCUT2D eigenvalue weighted by atomic mass is 32.1. The first kappa shape index (κ1) is 16.4. The fourth-order valence-electron chi connectivity index (χ4n) is 3.25. The van der Waals surface area contributed by atoms with Gasteiger partial charge in [-0.05, 0) is 36.1 Å². The van der Waals surface area contributed by atoms with E-state index in [0.717, 1.165) is 41.5 Å². The highest BCUT2D eigenvalue weighted by Crippen LogP contribution is 2.29. The molecular weight excluding hydrogens is 337 g/mol. The number of hydrogen-bond donors (Lipinski definition) is 1. The molecule has 2 aromatic heterocycles. The minimum absolute atomic E-state index is 0.130. The number of benzene rings is 1. The smallest absolute Gasteiger partial charge is 0.236 e. The van der Waals surface area contributed by atoms with Crippen LogP contribution in [0.3, 0.4) is 0 Å². The van der Waals surface area contributed by atoms with E-state index in [2.05, 4.69) is 10.2 Å². The molecule has 0 spiro atoms. The lowest BCUT2D eigenvalue weighted by molar-refractivity contribution is 0.151. The van der Waals surface area contributed by atoms with Crippen molar-refractivity contribution in [1.82, 2.24) is 15.2 Å². The van der Waals surface area contributed by atoms with E-state index in [0.29, 0.717) is 12.4 Å². The van der Waals surface area contributed by atoms with Crippen molar-refractivity contribution in [3.63, 3.8) is 0 Å². The molecule has 6 heteroatoms. The first-order chi connectivity index (χ1) is 12.2. The van der Waals surface area contributed by atoms with Gasteiger partial charge in [0.25, 0.3) is 0 Å². The third-order valence-electron chi connectivity index (χ3n) is 4.57. The van der Waals surface area contributed by atoms with Crippen molar-refractivity contribution in [3.8, 4) is 10.8 Å². The second-order valence-electron chi connectivity index (χ2n) is 6.24. The number of nitrogens with one attached hydrogen (secondary N) is 1. The van der Waals surface area contributed by atoms with Gasteiger partial charge in [-0.15, -0.1) is 11.3 Å². The Morgan fingerprint density at radius 1 is 1.36 bits per heavy atom. The fraction of sp³-hybridized carbons (Fsp3) is 0.316. The number of piperazine rings is 1.